The first kappa shape index (κ1) is 21.5. The summed E-state index contributed by atoms with van der Waals surface area (Å²) in [6.45, 7) is 3.43. The van der Waals surface area contributed by atoms with Crippen molar-refractivity contribution in [3.05, 3.63) is 51.8 Å². The molecule has 2 rings (SSSR count). The summed E-state index contributed by atoms with van der Waals surface area (Å²) in [5.41, 5.74) is 0.525. The molecule has 1 N–H and O–H groups in total. The second kappa shape index (κ2) is 8.93. The third-order valence-electron chi connectivity index (χ3n) is 4.44. The van der Waals surface area contributed by atoms with Crippen molar-refractivity contribution in [1.29, 1.82) is 0 Å². The Labute approximate surface area is 167 Å². The van der Waals surface area contributed by atoms with Gasteiger partial charge in [0.1, 0.15) is 11.3 Å². The van der Waals surface area contributed by atoms with E-state index in [0.717, 1.165) is 0 Å². The molecular formula is C20H22ClNO6. The number of esters is 1. The lowest BCUT2D eigenvalue weighted by atomic mass is 9.98. The zero-order valence-electron chi connectivity index (χ0n) is 16.1. The summed E-state index contributed by atoms with van der Waals surface area (Å²) in [4.78, 5) is 37.6. The summed E-state index contributed by atoms with van der Waals surface area (Å²) >= 11 is 5.89. The fraction of sp³-hybridized carbons (Fsp3) is 0.350. The van der Waals surface area contributed by atoms with Crippen LogP contribution in [0.4, 0.5) is 0 Å². The van der Waals surface area contributed by atoms with Gasteiger partial charge in [-0.25, -0.2) is 4.79 Å². The third kappa shape index (κ3) is 3.89. The van der Waals surface area contributed by atoms with E-state index in [9.17, 15) is 19.5 Å². The van der Waals surface area contributed by atoms with Gasteiger partial charge >= 0.3 is 11.9 Å². The Morgan fingerprint density at radius 3 is 2.25 bits per heavy atom. The maximum atomic E-state index is 13.1. The van der Waals surface area contributed by atoms with Crippen molar-refractivity contribution < 1.29 is 29.0 Å². The third-order valence-corrected chi connectivity index (χ3v) is 4.69. The fourth-order valence-electron chi connectivity index (χ4n) is 3.16. The second-order valence-corrected chi connectivity index (χ2v) is 6.49. The average Bonchev–Trinajstić information content (AvgIpc) is 2.95. The number of aliphatic carboxylic acids is 1. The number of nitrogens with zero attached hydrogens (tertiary/aromatic N) is 1. The first-order valence-corrected chi connectivity index (χ1v) is 9.12. The van der Waals surface area contributed by atoms with Gasteiger partial charge in [0, 0.05) is 17.6 Å². The summed E-state index contributed by atoms with van der Waals surface area (Å²) in [6.07, 6.45) is 0.220. The minimum Gasteiger partial charge on any atom is -0.493 e. The van der Waals surface area contributed by atoms with Crippen molar-refractivity contribution >= 4 is 29.3 Å². The summed E-state index contributed by atoms with van der Waals surface area (Å²) in [5.74, 6) is -3.28. The van der Waals surface area contributed by atoms with Crippen molar-refractivity contribution in [3.63, 3.8) is 0 Å². The molecule has 1 aromatic carbocycles. The van der Waals surface area contributed by atoms with Gasteiger partial charge < -0.3 is 19.1 Å². The molecule has 8 heteroatoms. The number of rotatable bonds is 8. The fourth-order valence-corrected chi connectivity index (χ4v) is 3.29. The lowest BCUT2D eigenvalue weighted by Crippen LogP contribution is -2.19. The van der Waals surface area contributed by atoms with E-state index in [0.29, 0.717) is 10.6 Å². The van der Waals surface area contributed by atoms with E-state index >= 15 is 0 Å². The second-order valence-electron chi connectivity index (χ2n) is 6.06. The number of carboxylic acid groups (broad SMARTS) is 1. The molecule has 0 bridgehead atoms. The van der Waals surface area contributed by atoms with E-state index in [1.807, 2.05) is 0 Å². The van der Waals surface area contributed by atoms with Crippen molar-refractivity contribution in [3.8, 4) is 5.75 Å². The number of benzene rings is 1. The molecule has 1 atom stereocenters. The zero-order valence-corrected chi connectivity index (χ0v) is 16.9. The van der Waals surface area contributed by atoms with E-state index in [1.54, 1.807) is 38.1 Å². The number of carboxylic acids is 1. The minimum atomic E-state index is -1.11. The number of hydrogen-bond acceptors (Lipinski definition) is 5. The Bertz CT molecular complexity index is 900. The van der Waals surface area contributed by atoms with E-state index in [1.165, 1.54) is 18.7 Å². The van der Waals surface area contributed by atoms with Gasteiger partial charge in [-0.05, 0) is 37.6 Å². The van der Waals surface area contributed by atoms with E-state index in [-0.39, 0.29) is 35.7 Å². The van der Waals surface area contributed by atoms with E-state index < -0.39 is 23.6 Å². The van der Waals surface area contributed by atoms with Crippen molar-refractivity contribution in [2.45, 2.75) is 26.2 Å². The predicted octanol–water partition coefficient (Wildman–Crippen LogP) is 3.67. The average molecular weight is 408 g/mol. The highest BCUT2D eigenvalue weighted by molar-refractivity contribution is 6.30. The number of ketones is 1. The van der Waals surface area contributed by atoms with Crippen LogP contribution in [-0.2, 0) is 16.6 Å². The van der Waals surface area contributed by atoms with Crippen LogP contribution in [0.25, 0.3) is 0 Å². The quantitative estimate of drug-likeness (QED) is 0.530. The molecule has 1 heterocycles. The van der Waals surface area contributed by atoms with Crippen molar-refractivity contribution in [2.75, 3.05) is 13.7 Å². The van der Waals surface area contributed by atoms with Gasteiger partial charge in [-0.15, -0.1) is 0 Å². The number of hydrogen-bond donors (Lipinski definition) is 1. The van der Waals surface area contributed by atoms with Crippen LogP contribution in [0.3, 0.4) is 0 Å². The Hall–Kier alpha value is -2.80. The van der Waals surface area contributed by atoms with Crippen molar-refractivity contribution in [1.82, 2.24) is 4.57 Å². The van der Waals surface area contributed by atoms with Gasteiger partial charge in [-0.1, -0.05) is 18.5 Å². The van der Waals surface area contributed by atoms with Crippen LogP contribution >= 0.6 is 11.6 Å². The number of carbonyl (C=O) groups is 3. The monoisotopic (exact) mass is 407 g/mol. The molecule has 0 aliphatic rings. The Kier molecular flexibility index (Phi) is 6.85. The van der Waals surface area contributed by atoms with Crippen molar-refractivity contribution in [2.24, 2.45) is 7.05 Å². The molecule has 7 nitrogen and oxygen atoms in total. The van der Waals surface area contributed by atoms with Crippen LogP contribution in [0.15, 0.2) is 24.3 Å². The zero-order chi connectivity index (χ0) is 21.0. The first-order valence-electron chi connectivity index (χ1n) is 8.75. The SMILES string of the molecule is CCOC(=O)c1c(OC)c(C(=O)c2ccc(Cl)cc2)n(C)c1C(CC)C(=O)O. The maximum absolute atomic E-state index is 13.1. The van der Waals surface area contributed by atoms with Gasteiger partial charge in [0.05, 0.1) is 25.3 Å². The molecule has 28 heavy (non-hydrogen) atoms. The van der Waals surface area contributed by atoms with Gasteiger partial charge in [0.2, 0.25) is 5.78 Å². The van der Waals surface area contributed by atoms with Crippen LogP contribution in [0, 0.1) is 0 Å². The summed E-state index contributed by atoms with van der Waals surface area (Å²) < 4.78 is 11.9. The van der Waals surface area contributed by atoms with Gasteiger partial charge in [0.15, 0.2) is 5.75 Å². The number of ether oxygens (including phenoxy) is 2. The molecular weight excluding hydrogens is 386 g/mol. The topological polar surface area (TPSA) is 94.8 Å². The maximum Gasteiger partial charge on any atom is 0.343 e. The highest BCUT2D eigenvalue weighted by Crippen LogP contribution is 2.37. The Morgan fingerprint density at radius 2 is 1.79 bits per heavy atom. The molecule has 0 fully saturated rings. The van der Waals surface area contributed by atoms with Crippen LogP contribution in [-0.4, -0.2) is 41.1 Å². The Morgan fingerprint density at radius 1 is 1.18 bits per heavy atom. The Balaban J connectivity index is 2.79. The molecule has 0 saturated carbocycles. The molecule has 0 amide bonds. The molecule has 0 aliphatic carbocycles. The summed E-state index contributed by atoms with van der Waals surface area (Å²) in [5, 5.41) is 10.1. The number of methoxy groups -OCH3 is 1. The highest BCUT2D eigenvalue weighted by atomic mass is 35.5. The molecule has 0 spiro atoms. The molecule has 150 valence electrons. The number of halogens is 1. The largest absolute Gasteiger partial charge is 0.493 e. The van der Waals surface area contributed by atoms with Gasteiger partial charge in [0.25, 0.3) is 0 Å². The summed E-state index contributed by atoms with van der Waals surface area (Å²) in [7, 11) is 2.86. The number of aromatic nitrogens is 1. The molecule has 0 aliphatic heterocycles. The molecule has 0 radical (unpaired) electrons. The smallest absolute Gasteiger partial charge is 0.343 e. The molecule has 2 aromatic rings. The van der Waals surface area contributed by atoms with Gasteiger partial charge in [-0.2, -0.15) is 0 Å². The lowest BCUT2D eigenvalue weighted by molar-refractivity contribution is -0.139. The molecule has 1 aromatic heterocycles. The predicted molar refractivity (Wildman–Crippen MR) is 103 cm³/mol. The number of carbonyl (C=O) groups excluding carboxylic acids is 2. The first-order chi connectivity index (χ1) is 13.3. The van der Waals surface area contributed by atoms with E-state index in [4.69, 9.17) is 21.1 Å². The van der Waals surface area contributed by atoms with Crippen LogP contribution < -0.4 is 4.74 Å². The minimum absolute atomic E-state index is 0.00407. The normalized spacial score (nSPS) is 11.8. The molecule has 0 saturated heterocycles. The van der Waals surface area contributed by atoms with E-state index in [2.05, 4.69) is 0 Å². The lowest BCUT2D eigenvalue weighted by Gasteiger charge is -2.14. The standard InChI is InChI=1S/C20H22ClNO6/c1-5-13(19(24)25)15-14(20(26)28-6-2)18(27-4)16(22(15)3)17(23)11-7-9-12(21)10-8-11/h7-10,13H,5-6H2,1-4H3,(H,24,25). The van der Waals surface area contributed by atoms with Crippen LogP contribution in [0.5, 0.6) is 5.75 Å². The highest BCUT2D eigenvalue weighted by Gasteiger charge is 2.36. The molecule has 1 unspecified atom stereocenters. The van der Waals surface area contributed by atoms with Crippen LogP contribution in [0.2, 0.25) is 5.02 Å². The van der Waals surface area contributed by atoms with Crippen LogP contribution in [0.1, 0.15) is 58.3 Å². The summed E-state index contributed by atoms with van der Waals surface area (Å²) in [6, 6.07) is 6.25. The van der Waals surface area contributed by atoms with Gasteiger partial charge in [-0.3, -0.25) is 9.59 Å².